The maximum absolute atomic E-state index is 12.6. The number of rotatable bonds is 6. The summed E-state index contributed by atoms with van der Waals surface area (Å²) in [4.78, 5) is 42.2. The van der Waals surface area contributed by atoms with E-state index < -0.39 is 41.7 Å². The lowest BCUT2D eigenvalue weighted by Gasteiger charge is -2.11. The molecule has 1 aromatic carbocycles. The first-order valence-electron chi connectivity index (χ1n) is 7.08. The number of nitrogens with one attached hydrogen (secondary N) is 1. The Morgan fingerprint density at radius 1 is 1.16 bits per heavy atom. The van der Waals surface area contributed by atoms with Gasteiger partial charge in [-0.25, -0.2) is 9.18 Å². The van der Waals surface area contributed by atoms with E-state index in [0.717, 1.165) is 0 Å². The number of aliphatic hydroxyl groups excluding tert-OH is 1. The number of anilines is 1. The van der Waals surface area contributed by atoms with Crippen LogP contribution in [0.15, 0.2) is 24.3 Å². The number of amides is 2. The molecule has 10 heteroatoms. The molecule has 6 N–H and O–H groups in total. The second-order valence-corrected chi connectivity index (χ2v) is 5.36. The monoisotopic (exact) mass is 356 g/mol. The van der Waals surface area contributed by atoms with Crippen LogP contribution in [-0.4, -0.2) is 45.2 Å². The number of primary amides is 1. The molecule has 1 saturated carbocycles. The van der Waals surface area contributed by atoms with Gasteiger partial charge in [0.2, 0.25) is 11.8 Å². The highest BCUT2D eigenvalue weighted by Crippen LogP contribution is 2.46. The van der Waals surface area contributed by atoms with Crippen LogP contribution in [-0.2, 0) is 19.2 Å². The van der Waals surface area contributed by atoms with Crippen molar-refractivity contribution >= 4 is 29.4 Å². The van der Waals surface area contributed by atoms with Gasteiger partial charge >= 0.3 is 11.9 Å². The van der Waals surface area contributed by atoms with Crippen LogP contribution in [0.1, 0.15) is 19.3 Å². The van der Waals surface area contributed by atoms with Crippen LogP contribution >= 0.6 is 0 Å². The Hall–Kier alpha value is -3.01. The molecule has 0 aliphatic heterocycles. The number of carboxylic acids is 2. The standard InChI is InChI=1S/C11H11FN2O2.C4H6O5/c12-7-1-3-8(4-2-7)14-10(16)11(5-6-11)9(13)15;5-2(4(8)9)1-3(6)7/h1-4H,5-6H2,(H2,13,15)(H,14,16);2,5H,1H2,(H,6,7)(H,8,9)/t;2-/m.0/s1. The maximum atomic E-state index is 12.6. The van der Waals surface area contributed by atoms with Crippen molar-refractivity contribution in [1.82, 2.24) is 0 Å². The Balaban J connectivity index is 0.000000299. The average Bonchev–Trinajstić information content (AvgIpc) is 3.31. The first-order valence-corrected chi connectivity index (χ1v) is 7.08. The van der Waals surface area contributed by atoms with E-state index in [9.17, 15) is 23.6 Å². The van der Waals surface area contributed by atoms with Gasteiger partial charge in [0, 0.05) is 5.69 Å². The minimum atomic E-state index is -1.79. The number of benzene rings is 1. The van der Waals surface area contributed by atoms with Gasteiger partial charge in [-0.15, -0.1) is 0 Å². The predicted molar refractivity (Wildman–Crippen MR) is 81.8 cm³/mol. The molecule has 2 rings (SSSR count). The minimum absolute atomic E-state index is 0.381. The summed E-state index contributed by atoms with van der Waals surface area (Å²) in [6.45, 7) is 0. The molecule has 0 bridgehead atoms. The third-order valence-electron chi connectivity index (χ3n) is 3.41. The lowest BCUT2D eigenvalue weighted by Crippen LogP contribution is -2.36. The molecule has 9 nitrogen and oxygen atoms in total. The lowest BCUT2D eigenvalue weighted by molar-refractivity contribution is -0.152. The Bertz CT molecular complexity index is 671. The molecule has 0 unspecified atom stereocenters. The van der Waals surface area contributed by atoms with Gasteiger partial charge in [0.1, 0.15) is 11.2 Å². The van der Waals surface area contributed by atoms with Gasteiger partial charge in [0.15, 0.2) is 6.10 Å². The fourth-order valence-corrected chi connectivity index (χ4v) is 1.75. The van der Waals surface area contributed by atoms with Crippen LogP contribution in [0, 0.1) is 11.2 Å². The molecule has 0 spiro atoms. The van der Waals surface area contributed by atoms with Gasteiger partial charge < -0.3 is 26.4 Å². The van der Waals surface area contributed by atoms with E-state index in [4.69, 9.17) is 21.1 Å². The molecule has 0 aromatic heterocycles. The van der Waals surface area contributed by atoms with Gasteiger partial charge in [0.05, 0.1) is 6.42 Å². The fourth-order valence-electron chi connectivity index (χ4n) is 1.75. The number of aliphatic hydroxyl groups is 1. The summed E-state index contributed by atoms with van der Waals surface area (Å²) in [5, 5.41) is 26.7. The number of hydrogen-bond donors (Lipinski definition) is 5. The van der Waals surface area contributed by atoms with Crippen LogP contribution in [0.4, 0.5) is 10.1 Å². The van der Waals surface area contributed by atoms with E-state index in [1.807, 2.05) is 0 Å². The van der Waals surface area contributed by atoms with Gasteiger partial charge in [-0.3, -0.25) is 14.4 Å². The molecule has 1 aliphatic carbocycles. The molecular weight excluding hydrogens is 339 g/mol. The molecule has 25 heavy (non-hydrogen) atoms. The highest BCUT2D eigenvalue weighted by molar-refractivity contribution is 6.12. The quantitative estimate of drug-likeness (QED) is 0.445. The molecular formula is C15H17FN2O7. The van der Waals surface area contributed by atoms with Crippen LogP contribution in [0.25, 0.3) is 0 Å². The minimum Gasteiger partial charge on any atom is -0.481 e. The summed E-state index contributed by atoms with van der Waals surface area (Å²) >= 11 is 0. The highest BCUT2D eigenvalue weighted by atomic mass is 19.1. The van der Waals surface area contributed by atoms with E-state index in [0.29, 0.717) is 18.5 Å². The summed E-state index contributed by atoms with van der Waals surface area (Å²) in [7, 11) is 0. The topological polar surface area (TPSA) is 167 Å². The zero-order valence-corrected chi connectivity index (χ0v) is 12.9. The number of aliphatic carboxylic acids is 2. The normalized spacial score (nSPS) is 15.1. The SMILES string of the molecule is NC(=O)C1(C(=O)Nc2ccc(F)cc2)CC1.O=C(O)C[C@H](O)C(=O)O. The van der Waals surface area contributed by atoms with Crippen molar-refractivity contribution in [2.45, 2.75) is 25.4 Å². The predicted octanol–water partition coefficient (Wildman–Crippen LogP) is -0.0637. The fraction of sp³-hybridized carbons (Fsp3) is 0.333. The van der Waals surface area contributed by atoms with Crippen molar-refractivity contribution in [1.29, 1.82) is 0 Å². The number of hydrogen-bond acceptors (Lipinski definition) is 5. The Kier molecular flexibility index (Phi) is 6.57. The van der Waals surface area contributed by atoms with E-state index in [2.05, 4.69) is 5.32 Å². The smallest absolute Gasteiger partial charge is 0.333 e. The molecule has 1 aromatic rings. The second-order valence-electron chi connectivity index (χ2n) is 5.36. The second kappa shape index (κ2) is 8.20. The molecule has 1 aliphatic rings. The van der Waals surface area contributed by atoms with Gasteiger partial charge in [-0.1, -0.05) is 0 Å². The van der Waals surface area contributed by atoms with Crippen molar-refractivity contribution in [3.05, 3.63) is 30.1 Å². The average molecular weight is 356 g/mol. The summed E-state index contributed by atoms with van der Waals surface area (Å²) in [5.41, 5.74) is 4.56. The number of halogens is 1. The van der Waals surface area contributed by atoms with Gasteiger partial charge in [-0.05, 0) is 37.1 Å². The highest BCUT2D eigenvalue weighted by Gasteiger charge is 2.55. The van der Waals surface area contributed by atoms with E-state index >= 15 is 0 Å². The zero-order chi connectivity index (χ0) is 19.2. The third kappa shape index (κ3) is 5.84. The first kappa shape index (κ1) is 20.0. The third-order valence-corrected chi connectivity index (χ3v) is 3.41. The van der Waals surface area contributed by atoms with Crippen molar-refractivity contribution in [2.75, 3.05) is 5.32 Å². The molecule has 0 saturated heterocycles. The summed E-state index contributed by atoms with van der Waals surface area (Å²) < 4.78 is 12.6. The Labute approximate surface area is 141 Å². The Morgan fingerprint density at radius 2 is 1.68 bits per heavy atom. The lowest BCUT2D eigenvalue weighted by atomic mass is 10.1. The van der Waals surface area contributed by atoms with Crippen molar-refractivity contribution < 1.29 is 38.9 Å². The summed E-state index contributed by atoms with van der Waals surface area (Å²) in [6.07, 6.45) is -1.58. The molecule has 136 valence electrons. The van der Waals surface area contributed by atoms with Gasteiger partial charge in [-0.2, -0.15) is 0 Å². The van der Waals surface area contributed by atoms with E-state index in [1.165, 1.54) is 24.3 Å². The van der Waals surface area contributed by atoms with Crippen LogP contribution in [0.3, 0.4) is 0 Å². The summed E-state index contributed by atoms with van der Waals surface area (Å²) in [6, 6.07) is 5.34. The van der Waals surface area contributed by atoms with Crippen LogP contribution in [0.5, 0.6) is 0 Å². The van der Waals surface area contributed by atoms with Crippen molar-refractivity contribution in [3.63, 3.8) is 0 Å². The molecule has 0 heterocycles. The Morgan fingerprint density at radius 3 is 2.00 bits per heavy atom. The number of carbonyl (C=O) groups excluding carboxylic acids is 2. The number of carbonyl (C=O) groups is 4. The van der Waals surface area contributed by atoms with Crippen LogP contribution in [0.2, 0.25) is 0 Å². The first-order chi connectivity index (χ1) is 11.6. The number of nitrogens with two attached hydrogens (primary N) is 1. The van der Waals surface area contributed by atoms with Crippen molar-refractivity contribution in [3.8, 4) is 0 Å². The zero-order valence-electron chi connectivity index (χ0n) is 12.9. The molecule has 1 fully saturated rings. The number of carboxylic acid groups (broad SMARTS) is 2. The van der Waals surface area contributed by atoms with E-state index in [-0.39, 0.29) is 5.82 Å². The molecule has 1 atom stereocenters. The van der Waals surface area contributed by atoms with E-state index in [1.54, 1.807) is 0 Å². The van der Waals surface area contributed by atoms with Gasteiger partial charge in [0.25, 0.3) is 0 Å². The largest absolute Gasteiger partial charge is 0.481 e. The summed E-state index contributed by atoms with van der Waals surface area (Å²) in [5.74, 6) is -4.24. The molecule has 2 amide bonds. The van der Waals surface area contributed by atoms with Crippen molar-refractivity contribution in [2.24, 2.45) is 11.1 Å². The maximum Gasteiger partial charge on any atom is 0.333 e. The van der Waals surface area contributed by atoms with Crippen LogP contribution < -0.4 is 11.1 Å². The molecule has 0 radical (unpaired) electrons.